The Balaban J connectivity index is 1.64. The van der Waals surface area contributed by atoms with Crippen LogP contribution in [0.4, 0.5) is 0 Å². The molecule has 164 valence electrons. The van der Waals surface area contributed by atoms with Gasteiger partial charge in [0, 0.05) is 6.42 Å². The van der Waals surface area contributed by atoms with Crippen LogP contribution in [0.15, 0.2) is 95.9 Å². The van der Waals surface area contributed by atoms with E-state index in [9.17, 15) is 13.0 Å². The van der Waals surface area contributed by atoms with Crippen molar-refractivity contribution in [3.8, 4) is 11.5 Å². The van der Waals surface area contributed by atoms with E-state index in [1.165, 1.54) is 12.1 Å². The minimum atomic E-state index is -4.33. The zero-order chi connectivity index (χ0) is 22.6. The Morgan fingerprint density at radius 2 is 1.53 bits per heavy atom. The molecular weight excluding hydrogens is 424 g/mol. The molecule has 0 bridgehead atoms. The molecule has 0 saturated heterocycles. The van der Waals surface area contributed by atoms with E-state index in [4.69, 9.17) is 9.47 Å². The van der Waals surface area contributed by atoms with Crippen LogP contribution in [0, 0.1) is 6.92 Å². The second-order valence-electron chi connectivity index (χ2n) is 7.56. The summed E-state index contributed by atoms with van der Waals surface area (Å²) in [5.74, 6) is 1.42. The molecule has 0 aliphatic carbocycles. The largest absolute Gasteiger partial charge is 0.493 e. The molecule has 4 aromatic carbocycles. The number of aryl methyl sites for hydroxylation is 1. The van der Waals surface area contributed by atoms with Crippen LogP contribution in [0.5, 0.6) is 11.5 Å². The summed E-state index contributed by atoms with van der Waals surface area (Å²) in [7, 11) is -4.33. The highest BCUT2D eigenvalue weighted by Gasteiger charge is 2.20. The monoisotopic (exact) mass is 448 g/mol. The minimum Gasteiger partial charge on any atom is -0.493 e. The number of ether oxygens (including phenoxy) is 2. The summed E-state index contributed by atoms with van der Waals surface area (Å²) in [6.45, 7) is 2.26. The molecule has 6 heteroatoms. The van der Waals surface area contributed by atoms with E-state index in [0.717, 1.165) is 22.1 Å². The maximum Gasteiger partial charge on any atom is 0.294 e. The van der Waals surface area contributed by atoms with E-state index in [1.54, 1.807) is 6.07 Å². The number of benzene rings is 4. The topological polar surface area (TPSA) is 72.8 Å². The molecule has 0 radical (unpaired) electrons. The molecule has 0 aliphatic heterocycles. The standard InChI is InChI=1S/C26H24O5S/c1-19-11-14-24(32(27,28)29)18-25(19)26(15-16-30-22-9-3-2-4-10-22)31-23-13-12-20-7-5-6-8-21(20)17-23/h2-14,17-18,26H,15-16H2,1H3,(H,27,28,29). The first kappa shape index (κ1) is 21.9. The van der Waals surface area contributed by atoms with E-state index in [-0.39, 0.29) is 4.90 Å². The Labute approximate surface area is 188 Å². The van der Waals surface area contributed by atoms with E-state index in [1.807, 2.05) is 79.7 Å². The molecule has 4 aromatic rings. The van der Waals surface area contributed by atoms with Crippen LogP contribution in [0.25, 0.3) is 10.8 Å². The molecular formula is C26H24O5S. The fraction of sp³-hybridized carbons (Fsp3) is 0.154. The molecule has 0 aliphatic rings. The predicted molar refractivity (Wildman–Crippen MR) is 125 cm³/mol. The summed E-state index contributed by atoms with van der Waals surface area (Å²) in [6.07, 6.45) is 0.0129. The van der Waals surface area contributed by atoms with Crippen molar-refractivity contribution in [1.29, 1.82) is 0 Å². The Kier molecular flexibility index (Phi) is 6.44. The first-order chi connectivity index (χ1) is 15.4. The van der Waals surface area contributed by atoms with Crippen molar-refractivity contribution in [1.82, 2.24) is 0 Å². The molecule has 4 rings (SSSR count). The minimum absolute atomic E-state index is 0.158. The van der Waals surface area contributed by atoms with Crippen LogP contribution in [0.2, 0.25) is 0 Å². The number of para-hydroxylation sites is 1. The predicted octanol–water partition coefficient (Wildman–Crippen LogP) is 5.98. The van der Waals surface area contributed by atoms with Gasteiger partial charge in [-0.15, -0.1) is 0 Å². The second kappa shape index (κ2) is 9.42. The lowest BCUT2D eigenvalue weighted by Crippen LogP contribution is -2.14. The van der Waals surface area contributed by atoms with Crippen molar-refractivity contribution in [3.05, 3.63) is 102 Å². The van der Waals surface area contributed by atoms with Crippen molar-refractivity contribution in [2.75, 3.05) is 6.61 Å². The summed E-state index contributed by atoms with van der Waals surface area (Å²) in [5, 5.41) is 2.15. The van der Waals surface area contributed by atoms with Crippen molar-refractivity contribution in [2.24, 2.45) is 0 Å². The molecule has 32 heavy (non-hydrogen) atoms. The molecule has 0 fully saturated rings. The Bertz CT molecular complexity index is 1320. The zero-order valence-electron chi connectivity index (χ0n) is 17.6. The van der Waals surface area contributed by atoms with Crippen LogP contribution >= 0.6 is 0 Å². The third-order valence-electron chi connectivity index (χ3n) is 5.29. The van der Waals surface area contributed by atoms with Crippen molar-refractivity contribution >= 4 is 20.9 Å². The van der Waals surface area contributed by atoms with Crippen LogP contribution in [0.3, 0.4) is 0 Å². The third-order valence-corrected chi connectivity index (χ3v) is 6.14. The van der Waals surface area contributed by atoms with Gasteiger partial charge in [0.15, 0.2) is 0 Å². The fourth-order valence-corrected chi connectivity index (χ4v) is 4.13. The maximum atomic E-state index is 11.7. The lowest BCUT2D eigenvalue weighted by Gasteiger charge is -2.22. The Hall–Kier alpha value is -3.35. The number of hydrogen-bond acceptors (Lipinski definition) is 4. The zero-order valence-corrected chi connectivity index (χ0v) is 18.5. The van der Waals surface area contributed by atoms with Gasteiger partial charge in [0.05, 0.1) is 11.5 Å². The first-order valence-corrected chi connectivity index (χ1v) is 11.8. The molecule has 0 aromatic heterocycles. The average molecular weight is 449 g/mol. The number of fused-ring (bicyclic) bond motifs is 1. The summed E-state index contributed by atoms with van der Waals surface area (Å²) >= 11 is 0. The molecule has 1 N–H and O–H groups in total. The lowest BCUT2D eigenvalue weighted by atomic mass is 10.0. The molecule has 1 atom stereocenters. The van der Waals surface area contributed by atoms with Gasteiger partial charge in [-0.2, -0.15) is 8.42 Å². The summed E-state index contributed by atoms with van der Waals surface area (Å²) in [4.78, 5) is -0.158. The highest BCUT2D eigenvalue weighted by Crippen LogP contribution is 2.31. The van der Waals surface area contributed by atoms with Gasteiger partial charge in [0.2, 0.25) is 0 Å². The normalized spacial score (nSPS) is 12.4. The van der Waals surface area contributed by atoms with Crippen molar-refractivity contribution in [2.45, 2.75) is 24.3 Å². The van der Waals surface area contributed by atoms with Crippen molar-refractivity contribution < 1.29 is 22.4 Å². The fourth-order valence-electron chi connectivity index (χ4n) is 3.61. The molecule has 1 unspecified atom stereocenters. The van der Waals surface area contributed by atoms with E-state index >= 15 is 0 Å². The van der Waals surface area contributed by atoms with Gasteiger partial charge in [-0.3, -0.25) is 4.55 Å². The van der Waals surface area contributed by atoms with E-state index in [2.05, 4.69) is 0 Å². The number of hydrogen-bond donors (Lipinski definition) is 1. The van der Waals surface area contributed by atoms with Gasteiger partial charge in [-0.25, -0.2) is 0 Å². The molecule has 0 saturated carbocycles. The van der Waals surface area contributed by atoms with Crippen molar-refractivity contribution in [3.63, 3.8) is 0 Å². The molecule has 0 heterocycles. The summed E-state index contributed by atoms with van der Waals surface area (Å²) < 4.78 is 45.1. The summed E-state index contributed by atoms with van der Waals surface area (Å²) in [5.41, 5.74) is 1.55. The first-order valence-electron chi connectivity index (χ1n) is 10.3. The van der Waals surface area contributed by atoms with E-state index in [0.29, 0.717) is 24.3 Å². The SMILES string of the molecule is Cc1ccc(S(=O)(=O)O)cc1C(CCOc1ccccc1)Oc1ccc2ccccc2c1. The Morgan fingerprint density at radius 1 is 0.812 bits per heavy atom. The Morgan fingerprint density at radius 3 is 2.28 bits per heavy atom. The van der Waals surface area contributed by atoms with Gasteiger partial charge in [-0.1, -0.05) is 54.6 Å². The van der Waals surface area contributed by atoms with E-state index < -0.39 is 16.2 Å². The second-order valence-corrected chi connectivity index (χ2v) is 8.98. The van der Waals surface area contributed by atoms with Gasteiger partial charge in [0.25, 0.3) is 10.1 Å². The smallest absolute Gasteiger partial charge is 0.294 e. The highest BCUT2D eigenvalue weighted by atomic mass is 32.2. The van der Waals surface area contributed by atoms with Crippen LogP contribution in [-0.4, -0.2) is 19.6 Å². The van der Waals surface area contributed by atoms with Gasteiger partial charge in [0.1, 0.15) is 17.6 Å². The average Bonchev–Trinajstić information content (AvgIpc) is 2.79. The van der Waals surface area contributed by atoms with Gasteiger partial charge in [-0.05, 0) is 65.2 Å². The van der Waals surface area contributed by atoms with Crippen LogP contribution in [0.1, 0.15) is 23.7 Å². The quantitative estimate of drug-likeness (QED) is 0.336. The molecule has 0 amide bonds. The molecule has 5 nitrogen and oxygen atoms in total. The van der Waals surface area contributed by atoms with Gasteiger partial charge >= 0.3 is 0 Å². The van der Waals surface area contributed by atoms with Crippen LogP contribution in [-0.2, 0) is 10.1 Å². The van der Waals surface area contributed by atoms with Crippen LogP contribution < -0.4 is 9.47 Å². The highest BCUT2D eigenvalue weighted by molar-refractivity contribution is 7.85. The molecule has 0 spiro atoms. The van der Waals surface area contributed by atoms with Gasteiger partial charge < -0.3 is 9.47 Å². The summed E-state index contributed by atoms with van der Waals surface area (Å²) in [6, 6.07) is 27.9. The maximum absolute atomic E-state index is 11.7. The third kappa shape index (κ3) is 5.28. The number of rotatable bonds is 8. The lowest BCUT2D eigenvalue weighted by molar-refractivity contribution is 0.163.